The molecular formula is C16H16N6O2. The van der Waals surface area contributed by atoms with Crippen LogP contribution >= 0.6 is 0 Å². The molecule has 0 aliphatic carbocycles. The standard InChI is InChI=1S/C16H16N6O2/c1-5-21-10(3)14(9(2)20-21)12-6-13(16(23)24-4)22-15(19-12)11(7-17)8-18-22/h6,8H,5H2,1-4H3. The van der Waals surface area contributed by atoms with Gasteiger partial charge in [-0.3, -0.25) is 4.68 Å². The van der Waals surface area contributed by atoms with Crippen molar-refractivity contribution in [3.8, 4) is 17.3 Å². The second kappa shape index (κ2) is 5.77. The van der Waals surface area contributed by atoms with Crippen LogP contribution in [0.5, 0.6) is 0 Å². The van der Waals surface area contributed by atoms with Crippen LogP contribution in [0.4, 0.5) is 0 Å². The zero-order valence-electron chi connectivity index (χ0n) is 13.9. The third-order valence-corrected chi connectivity index (χ3v) is 3.92. The summed E-state index contributed by atoms with van der Waals surface area (Å²) in [6.45, 7) is 6.57. The highest BCUT2D eigenvalue weighted by Gasteiger charge is 2.21. The summed E-state index contributed by atoms with van der Waals surface area (Å²) in [7, 11) is 1.30. The van der Waals surface area contributed by atoms with E-state index in [9.17, 15) is 10.1 Å². The zero-order chi connectivity index (χ0) is 17.4. The van der Waals surface area contributed by atoms with Gasteiger partial charge in [0.25, 0.3) is 0 Å². The van der Waals surface area contributed by atoms with Gasteiger partial charge < -0.3 is 4.74 Å². The van der Waals surface area contributed by atoms with Crippen molar-refractivity contribution in [2.75, 3.05) is 7.11 Å². The molecule has 0 aromatic carbocycles. The molecule has 0 amide bonds. The number of aryl methyl sites for hydroxylation is 2. The van der Waals surface area contributed by atoms with Crippen molar-refractivity contribution in [3.63, 3.8) is 0 Å². The summed E-state index contributed by atoms with van der Waals surface area (Å²) in [5, 5.41) is 17.8. The van der Waals surface area contributed by atoms with Gasteiger partial charge in [-0.25, -0.2) is 14.3 Å². The Kier molecular flexibility index (Phi) is 3.77. The van der Waals surface area contributed by atoms with E-state index in [2.05, 4.69) is 15.2 Å². The van der Waals surface area contributed by atoms with Crippen LogP contribution in [0.3, 0.4) is 0 Å². The minimum Gasteiger partial charge on any atom is -0.464 e. The van der Waals surface area contributed by atoms with Crippen LogP contribution in [0.15, 0.2) is 12.3 Å². The number of methoxy groups -OCH3 is 1. The second-order valence-corrected chi connectivity index (χ2v) is 5.29. The normalized spacial score (nSPS) is 10.8. The summed E-state index contributed by atoms with van der Waals surface area (Å²) >= 11 is 0. The molecule has 0 atom stereocenters. The quantitative estimate of drug-likeness (QED) is 0.682. The highest BCUT2D eigenvalue weighted by atomic mass is 16.5. The Bertz CT molecular complexity index is 992. The van der Waals surface area contributed by atoms with Crippen molar-refractivity contribution in [1.82, 2.24) is 24.4 Å². The fourth-order valence-corrected chi connectivity index (χ4v) is 2.80. The Morgan fingerprint density at radius 2 is 2.17 bits per heavy atom. The van der Waals surface area contributed by atoms with Crippen LogP contribution in [-0.4, -0.2) is 37.5 Å². The molecule has 0 spiro atoms. The molecule has 24 heavy (non-hydrogen) atoms. The summed E-state index contributed by atoms with van der Waals surface area (Å²) in [6.07, 6.45) is 1.38. The lowest BCUT2D eigenvalue weighted by Crippen LogP contribution is -2.11. The molecule has 8 nitrogen and oxygen atoms in total. The maximum absolute atomic E-state index is 12.1. The highest BCUT2D eigenvalue weighted by molar-refractivity contribution is 5.90. The smallest absolute Gasteiger partial charge is 0.356 e. The first-order chi connectivity index (χ1) is 11.5. The third kappa shape index (κ3) is 2.22. The third-order valence-electron chi connectivity index (χ3n) is 3.92. The van der Waals surface area contributed by atoms with E-state index in [4.69, 9.17) is 4.74 Å². The zero-order valence-corrected chi connectivity index (χ0v) is 13.9. The Hall–Kier alpha value is -3.21. The Morgan fingerprint density at radius 1 is 1.42 bits per heavy atom. The predicted molar refractivity (Wildman–Crippen MR) is 85.4 cm³/mol. The number of nitrogens with zero attached hydrogens (tertiary/aromatic N) is 6. The predicted octanol–water partition coefficient (Wildman–Crippen LogP) is 1.89. The van der Waals surface area contributed by atoms with Gasteiger partial charge in [0.1, 0.15) is 11.6 Å². The van der Waals surface area contributed by atoms with Crippen molar-refractivity contribution in [1.29, 1.82) is 5.26 Å². The number of hydrogen-bond donors (Lipinski definition) is 0. The van der Waals surface area contributed by atoms with Crippen molar-refractivity contribution in [2.45, 2.75) is 27.3 Å². The number of ether oxygens (including phenoxy) is 1. The number of fused-ring (bicyclic) bond motifs is 1. The van der Waals surface area contributed by atoms with E-state index in [0.29, 0.717) is 16.9 Å². The molecule has 0 radical (unpaired) electrons. The number of nitriles is 1. The Morgan fingerprint density at radius 3 is 2.75 bits per heavy atom. The molecular weight excluding hydrogens is 308 g/mol. The molecule has 0 saturated carbocycles. The van der Waals surface area contributed by atoms with E-state index in [1.807, 2.05) is 31.5 Å². The summed E-state index contributed by atoms with van der Waals surface area (Å²) in [6, 6.07) is 3.65. The van der Waals surface area contributed by atoms with Gasteiger partial charge in [0, 0.05) is 17.8 Å². The first-order valence-electron chi connectivity index (χ1n) is 7.43. The molecule has 3 rings (SSSR count). The van der Waals surface area contributed by atoms with Crippen LogP contribution in [0.25, 0.3) is 16.9 Å². The monoisotopic (exact) mass is 324 g/mol. The lowest BCUT2D eigenvalue weighted by molar-refractivity contribution is 0.0590. The number of carbonyl (C=O) groups is 1. The lowest BCUT2D eigenvalue weighted by atomic mass is 10.1. The SMILES string of the molecule is CCn1nc(C)c(-c2cc(C(=O)OC)n3ncc(C#N)c3n2)c1C. The maximum Gasteiger partial charge on any atom is 0.356 e. The van der Waals surface area contributed by atoms with E-state index in [-0.39, 0.29) is 5.69 Å². The van der Waals surface area contributed by atoms with Crippen LogP contribution < -0.4 is 0 Å². The number of esters is 1. The summed E-state index contributed by atoms with van der Waals surface area (Å²) in [5.41, 5.74) is 3.98. The Labute approximate surface area is 138 Å². The summed E-state index contributed by atoms with van der Waals surface area (Å²) in [4.78, 5) is 16.7. The molecule has 0 bridgehead atoms. The first kappa shape index (κ1) is 15.7. The van der Waals surface area contributed by atoms with Gasteiger partial charge >= 0.3 is 5.97 Å². The van der Waals surface area contributed by atoms with Crippen LogP contribution in [0, 0.1) is 25.2 Å². The van der Waals surface area contributed by atoms with Gasteiger partial charge in [-0.15, -0.1) is 0 Å². The van der Waals surface area contributed by atoms with Crippen molar-refractivity contribution >= 4 is 11.6 Å². The largest absolute Gasteiger partial charge is 0.464 e. The van der Waals surface area contributed by atoms with E-state index in [1.54, 1.807) is 6.07 Å². The van der Waals surface area contributed by atoms with E-state index >= 15 is 0 Å². The maximum atomic E-state index is 12.1. The van der Waals surface area contributed by atoms with Crippen LogP contribution in [0.2, 0.25) is 0 Å². The molecule has 3 aromatic rings. The topological polar surface area (TPSA) is 98.1 Å². The molecule has 0 fully saturated rings. The van der Waals surface area contributed by atoms with Crippen LogP contribution in [-0.2, 0) is 11.3 Å². The molecule has 0 aliphatic heterocycles. The molecule has 0 N–H and O–H groups in total. The number of carbonyl (C=O) groups excluding carboxylic acids is 1. The average Bonchev–Trinajstić information content (AvgIpc) is 3.13. The second-order valence-electron chi connectivity index (χ2n) is 5.29. The molecule has 3 aromatic heterocycles. The minimum absolute atomic E-state index is 0.210. The molecule has 0 saturated heterocycles. The molecule has 8 heteroatoms. The molecule has 0 unspecified atom stereocenters. The van der Waals surface area contributed by atoms with Crippen molar-refractivity contribution in [3.05, 3.63) is 34.9 Å². The molecule has 0 aliphatic rings. The fourth-order valence-electron chi connectivity index (χ4n) is 2.80. The number of aromatic nitrogens is 5. The minimum atomic E-state index is -0.547. The van der Waals surface area contributed by atoms with Crippen molar-refractivity contribution in [2.24, 2.45) is 0 Å². The van der Waals surface area contributed by atoms with E-state index in [1.165, 1.54) is 17.8 Å². The molecule has 122 valence electrons. The first-order valence-corrected chi connectivity index (χ1v) is 7.43. The fraction of sp³-hybridized carbons (Fsp3) is 0.312. The number of hydrogen-bond acceptors (Lipinski definition) is 6. The number of rotatable bonds is 3. The van der Waals surface area contributed by atoms with E-state index < -0.39 is 5.97 Å². The Balaban J connectivity index is 2.36. The van der Waals surface area contributed by atoms with Gasteiger partial charge in [0.15, 0.2) is 11.3 Å². The van der Waals surface area contributed by atoms with Crippen molar-refractivity contribution < 1.29 is 9.53 Å². The van der Waals surface area contributed by atoms with E-state index in [0.717, 1.165) is 23.5 Å². The summed E-state index contributed by atoms with van der Waals surface area (Å²) < 4.78 is 8.03. The van der Waals surface area contributed by atoms with Crippen LogP contribution in [0.1, 0.15) is 34.4 Å². The lowest BCUT2D eigenvalue weighted by Gasteiger charge is -2.07. The average molecular weight is 324 g/mol. The van der Waals surface area contributed by atoms with Gasteiger partial charge in [-0.1, -0.05) is 0 Å². The highest BCUT2D eigenvalue weighted by Crippen LogP contribution is 2.27. The van der Waals surface area contributed by atoms with Gasteiger partial charge in [0.2, 0.25) is 0 Å². The van der Waals surface area contributed by atoms with Gasteiger partial charge in [0.05, 0.1) is 24.7 Å². The van der Waals surface area contributed by atoms with Gasteiger partial charge in [-0.2, -0.15) is 15.5 Å². The van der Waals surface area contributed by atoms with Gasteiger partial charge in [-0.05, 0) is 26.8 Å². The molecule has 3 heterocycles. The summed E-state index contributed by atoms with van der Waals surface area (Å²) in [5.74, 6) is -0.547.